The van der Waals surface area contributed by atoms with E-state index in [1.807, 2.05) is 26.8 Å². The van der Waals surface area contributed by atoms with Crippen molar-refractivity contribution in [1.29, 1.82) is 0 Å². The number of sulfonamides is 1. The van der Waals surface area contributed by atoms with E-state index >= 15 is 0 Å². The fourth-order valence-electron chi connectivity index (χ4n) is 2.42. The van der Waals surface area contributed by atoms with E-state index in [-0.39, 0.29) is 16.7 Å². The zero-order valence-electron chi connectivity index (χ0n) is 15.3. The Labute approximate surface area is 158 Å². The van der Waals surface area contributed by atoms with Gasteiger partial charge in [0.1, 0.15) is 5.75 Å². The molecule has 3 rings (SSSR count). The first-order valence-corrected chi connectivity index (χ1v) is 10.1. The predicted octanol–water partition coefficient (Wildman–Crippen LogP) is 4.06. The van der Waals surface area contributed by atoms with E-state index in [1.54, 1.807) is 30.3 Å². The Balaban J connectivity index is 2.02. The standard InChI is InChI=1S/C19H21N3O4S/c1-4-25-17-11-10-15(27(23,24)22-14-8-6-5-7-9-14)12-16(17)19-20-18(13(2)3)21-26-19/h5-13,22H,4H2,1-3H3. The lowest BCUT2D eigenvalue weighted by Crippen LogP contribution is -2.13. The number of nitrogens with zero attached hydrogens (tertiary/aromatic N) is 2. The second kappa shape index (κ2) is 7.79. The normalized spacial score (nSPS) is 11.6. The summed E-state index contributed by atoms with van der Waals surface area (Å²) >= 11 is 0. The number of nitrogens with one attached hydrogen (secondary N) is 1. The zero-order valence-corrected chi connectivity index (χ0v) is 16.2. The van der Waals surface area contributed by atoms with Gasteiger partial charge in [0.2, 0.25) is 0 Å². The van der Waals surface area contributed by atoms with E-state index in [4.69, 9.17) is 9.26 Å². The molecule has 0 aliphatic rings. The Morgan fingerprint density at radius 2 is 1.89 bits per heavy atom. The van der Waals surface area contributed by atoms with Gasteiger partial charge in [-0.25, -0.2) is 8.42 Å². The third-order valence-corrected chi connectivity index (χ3v) is 5.15. The molecule has 3 aromatic rings. The van der Waals surface area contributed by atoms with Gasteiger partial charge in [-0.15, -0.1) is 0 Å². The van der Waals surface area contributed by atoms with Crippen molar-refractivity contribution in [2.75, 3.05) is 11.3 Å². The van der Waals surface area contributed by atoms with Gasteiger partial charge in [-0.1, -0.05) is 37.2 Å². The van der Waals surface area contributed by atoms with Gasteiger partial charge < -0.3 is 9.26 Å². The van der Waals surface area contributed by atoms with Crippen LogP contribution in [-0.4, -0.2) is 25.2 Å². The minimum Gasteiger partial charge on any atom is -0.493 e. The summed E-state index contributed by atoms with van der Waals surface area (Å²) in [7, 11) is -3.78. The van der Waals surface area contributed by atoms with Gasteiger partial charge >= 0.3 is 0 Å². The van der Waals surface area contributed by atoms with E-state index in [2.05, 4.69) is 14.9 Å². The molecule has 0 aliphatic carbocycles. The van der Waals surface area contributed by atoms with Crippen molar-refractivity contribution >= 4 is 15.7 Å². The smallest absolute Gasteiger partial charge is 0.261 e. The fraction of sp³-hybridized carbons (Fsp3) is 0.263. The van der Waals surface area contributed by atoms with E-state index in [0.29, 0.717) is 29.4 Å². The van der Waals surface area contributed by atoms with Gasteiger partial charge in [-0.2, -0.15) is 4.98 Å². The molecule has 27 heavy (non-hydrogen) atoms. The van der Waals surface area contributed by atoms with Crippen molar-refractivity contribution < 1.29 is 17.7 Å². The maximum atomic E-state index is 12.7. The number of para-hydroxylation sites is 1. The summed E-state index contributed by atoms with van der Waals surface area (Å²) in [4.78, 5) is 4.43. The molecule has 0 aliphatic heterocycles. The molecule has 0 spiro atoms. The van der Waals surface area contributed by atoms with Crippen LogP contribution in [0.4, 0.5) is 5.69 Å². The molecule has 0 atom stereocenters. The molecule has 0 saturated heterocycles. The Kier molecular flexibility index (Phi) is 5.46. The average Bonchev–Trinajstić information content (AvgIpc) is 3.13. The molecule has 8 heteroatoms. The molecule has 1 heterocycles. The highest BCUT2D eigenvalue weighted by atomic mass is 32.2. The molecule has 7 nitrogen and oxygen atoms in total. The highest BCUT2D eigenvalue weighted by Gasteiger charge is 2.21. The van der Waals surface area contributed by atoms with Crippen LogP contribution in [0.2, 0.25) is 0 Å². The predicted molar refractivity (Wildman–Crippen MR) is 102 cm³/mol. The van der Waals surface area contributed by atoms with Crippen molar-refractivity contribution in [3.05, 3.63) is 54.4 Å². The van der Waals surface area contributed by atoms with Crippen LogP contribution in [0.5, 0.6) is 5.75 Å². The van der Waals surface area contributed by atoms with E-state index in [1.165, 1.54) is 12.1 Å². The number of hydrogen-bond acceptors (Lipinski definition) is 6. The third-order valence-electron chi connectivity index (χ3n) is 3.78. The minimum absolute atomic E-state index is 0.0779. The zero-order chi connectivity index (χ0) is 19.4. The van der Waals surface area contributed by atoms with Crippen LogP contribution in [0.15, 0.2) is 57.9 Å². The average molecular weight is 387 g/mol. The Morgan fingerprint density at radius 1 is 1.15 bits per heavy atom. The van der Waals surface area contributed by atoms with Gasteiger partial charge in [0.15, 0.2) is 5.82 Å². The molecule has 1 aromatic heterocycles. The number of ether oxygens (including phenoxy) is 1. The Hall–Kier alpha value is -2.87. The number of benzene rings is 2. The van der Waals surface area contributed by atoms with E-state index in [0.717, 1.165) is 0 Å². The Bertz CT molecular complexity index is 1010. The van der Waals surface area contributed by atoms with Crippen LogP contribution in [0.3, 0.4) is 0 Å². The van der Waals surface area contributed by atoms with Gasteiger partial charge in [0, 0.05) is 11.6 Å². The van der Waals surface area contributed by atoms with Crippen LogP contribution >= 0.6 is 0 Å². The Morgan fingerprint density at radius 3 is 2.52 bits per heavy atom. The molecular weight excluding hydrogens is 366 g/mol. The first kappa shape index (κ1) is 18.9. The summed E-state index contributed by atoms with van der Waals surface area (Å²) in [5.74, 6) is 1.34. The molecule has 142 valence electrons. The molecule has 0 fully saturated rings. The maximum Gasteiger partial charge on any atom is 0.261 e. The first-order chi connectivity index (χ1) is 12.9. The summed E-state index contributed by atoms with van der Waals surface area (Å²) < 4.78 is 39.0. The van der Waals surface area contributed by atoms with Gasteiger partial charge in [-0.3, -0.25) is 4.72 Å². The van der Waals surface area contributed by atoms with Crippen molar-refractivity contribution in [2.24, 2.45) is 0 Å². The van der Waals surface area contributed by atoms with Crippen molar-refractivity contribution in [3.8, 4) is 17.2 Å². The number of anilines is 1. The van der Waals surface area contributed by atoms with Crippen LogP contribution in [0.25, 0.3) is 11.5 Å². The topological polar surface area (TPSA) is 94.3 Å². The second-order valence-corrected chi connectivity index (χ2v) is 7.86. The molecule has 0 amide bonds. The maximum absolute atomic E-state index is 12.7. The number of rotatable bonds is 7. The molecular formula is C19H21N3O4S. The third kappa shape index (κ3) is 4.28. The number of aromatic nitrogens is 2. The molecule has 0 unspecified atom stereocenters. The number of hydrogen-bond donors (Lipinski definition) is 1. The second-order valence-electron chi connectivity index (χ2n) is 6.17. The van der Waals surface area contributed by atoms with Crippen molar-refractivity contribution in [1.82, 2.24) is 10.1 Å². The SMILES string of the molecule is CCOc1ccc(S(=O)(=O)Nc2ccccc2)cc1-c1nc(C(C)C)no1. The highest BCUT2D eigenvalue weighted by molar-refractivity contribution is 7.92. The lowest BCUT2D eigenvalue weighted by Gasteiger charge is -2.11. The lowest BCUT2D eigenvalue weighted by molar-refractivity contribution is 0.339. The van der Waals surface area contributed by atoms with Crippen LogP contribution in [0, 0.1) is 0 Å². The summed E-state index contributed by atoms with van der Waals surface area (Å²) in [5.41, 5.74) is 0.917. The summed E-state index contributed by atoms with van der Waals surface area (Å²) in [6.07, 6.45) is 0. The van der Waals surface area contributed by atoms with Crippen molar-refractivity contribution in [2.45, 2.75) is 31.6 Å². The van der Waals surface area contributed by atoms with E-state index in [9.17, 15) is 8.42 Å². The monoisotopic (exact) mass is 387 g/mol. The van der Waals surface area contributed by atoms with Crippen LogP contribution < -0.4 is 9.46 Å². The first-order valence-electron chi connectivity index (χ1n) is 8.59. The summed E-state index contributed by atoms with van der Waals surface area (Å²) in [6.45, 7) is 6.16. The van der Waals surface area contributed by atoms with Gasteiger partial charge in [0.05, 0.1) is 17.1 Å². The molecule has 0 saturated carbocycles. The molecule has 2 aromatic carbocycles. The molecule has 0 bridgehead atoms. The highest BCUT2D eigenvalue weighted by Crippen LogP contribution is 2.32. The largest absolute Gasteiger partial charge is 0.493 e. The summed E-state index contributed by atoms with van der Waals surface area (Å²) in [5, 5.41) is 3.95. The minimum atomic E-state index is -3.78. The van der Waals surface area contributed by atoms with Crippen LogP contribution in [-0.2, 0) is 10.0 Å². The fourth-order valence-corrected chi connectivity index (χ4v) is 3.51. The summed E-state index contributed by atoms with van der Waals surface area (Å²) in [6, 6.07) is 13.3. The van der Waals surface area contributed by atoms with E-state index < -0.39 is 10.0 Å². The lowest BCUT2D eigenvalue weighted by atomic mass is 10.2. The van der Waals surface area contributed by atoms with Gasteiger partial charge in [0.25, 0.3) is 15.9 Å². The van der Waals surface area contributed by atoms with Gasteiger partial charge in [-0.05, 0) is 37.3 Å². The van der Waals surface area contributed by atoms with Crippen molar-refractivity contribution in [3.63, 3.8) is 0 Å². The molecule has 1 N–H and O–H groups in total. The van der Waals surface area contributed by atoms with Crippen LogP contribution in [0.1, 0.15) is 32.5 Å². The molecule has 0 radical (unpaired) electrons. The quantitative estimate of drug-likeness (QED) is 0.657.